The first kappa shape index (κ1) is 28.4. The van der Waals surface area contributed by atoms with E-state index < -0.39 is 0 Å². The monoisotopic (exact) mass is 638 g/mol. The molecule has 0 unspecified atom stereocenters. The summed E-state index contributed by atoms with van der Waals surface area (Å²) in [6, 6.07) is 64.4. The van der Waals surface area contributed by atoms with E-state index in [1.807, 2.05) is 18.2 Å². The standard InChI is InChI=1S/C48H30O2/c1-3-12-31(13-4-1)33-22-24-34(25-23-33)46-41(36-17-11-16-35(28-36)32-14-5-2-6-15-32)30-42(47-40-19-8-10-21-44(40)50-48(46)47)37-26-27-39-38-18-7-9-20-43(38)49-45(39)29-37/h1-30H. The molecule has 2 aromatic heterocycles. The van der Waals surface area contributed by atoms with E-state index in [1.54, 1.807) is 0 Å². The van der Waals surface area contributed by atoms with Crippen LogP contribution in [-0.2, 0) is 0 Å². The lowest BCUT2D eigenvalue weighted by molar-refractivity contribution is 0.668. The minimum Gasteiger partial charge on any atom is -0.456 e. The molecule has 0 fully saturated rings. The smallest absolute Gasteiger partial charge is 0.144 e. The van der Waals surface area contributed by atoms with Crippen LogP contribution in [0.3, 0.4) is 0 Å². The van der Waals surface area contributed by atoms with Crippen molar-refractivity contribution in [1.29, 1.82) is 0 Å². The Balaban J connectivity index is 1.27. The Kier molecular flexibility index (Phi) is 6.53. The van der Waals surface area contributed by atoms with E-state index in [9.17, 15) is 0 Å². The van der Waals surface area contributed by atoms with Crippen molar-refractivity contribution in [3.8, 4) is 55.6 Å². The molecule has 0 saturated carbocycles. The van der Waals surface area contributed by atoms with Crippen LogP contribution in [0, 0.1) is 0 Å². The summed E-state index contributed by atoms with van der Waals surface area (Å²) in [7, 11) is 0. The first-order valence-electron chi connectivity index (χ1n) is 17.0. The molecule has 0 aliphatic heterocycles. The molecule has 234 valence electrons. The molecule has 0 bridgehead atoms. The summed E-state index contributed by atoms with van der Waals surface area (Å²) in [5, 5.41) is 4.43. The van der Waals surface area contributed by atoms with E-state index in [4.69, 9.17) is 8.83 Å². The van der Waals surface area contributed by atoms with E-state index in [0.29, 0.717) is 0 Å². The maximum absolute atomic E-state index is 6.90. The number of rotatable bonds is 5. The van der Waals surface area contributed by atoms with E-state index in [-0.39, 0.29) is 0 Å². The minimum atomic E-state index is 0.867. The quantitative estimate of drug-likeness (QED) is 0.187. The molecule has 2 nitrogen and oxygen atoms in total. The van der Waals surface area contributed by atoms with Gasteiger partial charge in [-0.25, -0.2) is 0 Å². The van der Waals surface area contributed by atoms with Crippen LogP contribution in [0.5, 0.6) is 0 Å². The van der Waals surface area contributed by atoms with Crippen LogP contribution < -0.4 is 0 Å². The van der Waals surface area contributed by atoms with Crippen molar-refractivity contribution in [2.45, 2.75) is 0 Å². The molecular weight excluding hydrogens is 609 g/mol. The second-order valence-corrected chi connectivity index (χ2v) is 12.8. The zero-order valence-electron chi connectivity index (χ0n) is 27.1. The summed E-state index contributed by atoms with van der Waals surface area (Å²) < 4.78 is 13.3. The van der Waals surface area contributed by atoms with Crippen molar-refractivity contribution in [2.75, 3.05) is 0 Å². The Morgan fingerprint density at radius 2 is 0.800 bits per heavy atom. The van der Waals surface area contributed by atoms with Crippen molar-refractivity contribution in [3.05, 3.63) is 182 Å². The van der Waals surface area contributed by atoms with Gasteiger partial charge in [0, 0.05) is 27.1 Å². The highest BCUT2D eigenvalue weighted by Gasteiger charge is 2.23. The van der Waals surface area contributed by atoms with E-state index in [1.165, 1.54) is 22.3 Å². The number of hydrogen-bond acceptors (Lipinski definition) is 2. The molecule has 0 atom stereocenters. The SMILES string of the molecule is c1ccc(-c2ccc(-c3c(-c4cccc(-c5ccccc5)c4)cc(-c4ccc5c(c4)oc4ccccc45)c4c3oc3ccccc34)cc2)cc1. The number of fused-ring (bicyclic) bond motifs is 6. The lowest BCUT2D eigenvalue weighted by Crippen LogP contribution is -1.91. The zero-order chi connectivity index (χ0) is 33.0. The summed E-state index contributed by atoms with van der Waals surface area (Å²) >= 11 is 0. The molecule has 0 amide bonds. The molecule has 2 heterocycles. The third-order valence-electron chi connectivity index (χ3n) is 9.90. The fourth-order valence-corrected chi connectivity index (χ4v) is 7.49. The fourth-order valence-electron chi connectivity index (χ4n) is 7.49. The van der Waals surface area contributed by atoms with Crippen molar-refractivity contribution in [3.63, 3.8) is 0 Å². The number of furan rings is 2. The Labute approximate surface area is 289 Å². The van der Waals surface area contributed by atoms with Crippen LogP contribution >= 0.6 is 0 Å². The van der Waals surface area contributed by atoms with Gasteiger partial charge in [0.1, 0.15) is 22.3 Å². The van der Waals surface area contributed by atoms with Gasteiger partial charge in [0.2, 0.25) is 0 Å². The van der Waals surface area contributed by atoms with Crippen LogP contribution in [0.25, 0.3) is 99.5 Å². The molecule has 0 aliphatic rings. The van der Waals surface area contributed by atoms with E-state index in [0.717, 1.165) is 77.3 Å². The first-order valence-corrected chi connectivity index (χ1v) is 17.0. The van der Waals surface area contributed by atoms with Crippen molar-refractivity contribution < 1.29 is 8.83 Å². The van der Waals surface area contributed by atoms with Crippen LogP contribution in [0.1, 0.15) is 0 Å². The van der Waals surface area contributed by atoms with Crippen LogP contribution in [-0.4, -0.2) is 0 Å². The molecule has 8 aromatic carbocycles. The highest BCUT2D eigenvalue weighted by Crippen LogP contribution is 2.48. The Hall–Kier alpha value is -6.64. The van der Waals surface area contributed by atoms with Gasteiger partial charge in [0.15, 0.2) is 0 Å². The second kappa shape index (κ2) is 11.5. The van der Waals surface area contributed by atoms with Gasteiger partial charge >= 0.3 is 0 Å². The number of benzene rings is 8. The number of hydrogen-bond donors (Lipinski definition) is 0. The van der Waals surface area contributed by atoms with E-state index in [2.05, 4.69) is 164 Å². The summed E-state index contributed by atoms with van der Waals surface area (Å²) in [5.41, 5.74) is 14.9. The summed E-state index contributed by atoms with van der Waals surface area (Å²) in [5.74, 6) is 0. The maximum atomic E-state index is 6.90. The Bertz CT molecular complexity index is 2840. The van der Waals surface area contributed by atoms with Gasteiger partial charge in [-0.2, -0.15) is 0 Å². The average molecular weight is 639 g/mol. The van der Waals surface area contributed by atoms with E-state index >= 15 is 0 Å². The highest BCUT2D eigenvalue weighted by molar-refractivity contribution is 6.19. The molecule has 0 saturated heterocycles. The summed E-state index contributed by atoms with van der Waals surface area (Å²) in [6.07, 6.45) is 0. The molecule has 0 aliphatic carbocycles. The largest absolute Gasteiger partial charge is 0.456 e. The lowest BCUT2D eigenvalue weighted by Gasteiger charge is -2.16. The topological polar surface area (TPSA) is 26.3 Å². The first-order chi connectivity index (χ1) is 24.8. The van der Waals surface area contributed by atoms with Gasteiger partial charge in [0.25, 0.3) is 0 Å². The van der Waals surface area contributed by atoms with Crippen molar-refractivity contribution in [2.24, 2.45) is 0 Å². The van der Waals surface area contributed by atoms with Gasteiger partial charge in [-0.3, -0.25) is 0 Å². The Morgan fingerprint density at radius 3 is 1.56 bits per heavy atom. The van der Waals surface area contributed by atoms with Crippen molar-refractivity contribution in [1.82, 2.24) is 0 Å². The van der Waals surface area contributed by atoms with Crippen molar-refractivity contribution >= 4 is 43.9 Å². The van der Waals surface area contributed by atoms with Gasteiger partial charge in [-0.1, -0.05) is 146 Å². The normalized spacial score (nSPS) is 11.6. The molecule has 0 radical (unpaired) electrons. The average Bonchev–Trinajstić information content (AvgIpc) is 3.77. The maximum Gasteiger partial charge on any atom is 0.144 e. The van der Waals surface area contributed by atoms with Gasteiger partial charge in [0.05, 0.1) is 0 Å². The molecule has 10 rings (SSSR count). The van der Waals surface area contributed by atoms with Gasteiger partial charge in [-0.15, -0.1) is 0 Å². The number of para-hydroxylation sites is 2. The lowest BCUT2D eigenvalue weighted by atomic mass is 9.86. The zero-order valence-corrected chi connectivity index (χ0v) is 27.1. The second-order valence-electron chi connectivity index (χ2n) is 12.8. The summed E-state index contributed by atoms with van der Waals surface area (Å²) in [4.78, 5) is 0. The fraction of sp³-hybridized carbons (Fsp3) is 0. The Morgan fingerprint density at radius 1 is 0.280 bits per heavy atom. The third-order valence-corrected chi connectivity index (χ3v) is 9.90. The third kappa shape index (κ3) is 4.65. The molecule has 0 spiro atoms. The van der Waals surface area contributed by atoms with Crippen LogP contribution in [0.4, 0.5) is 0 Å². The summed E-state index contributed by atoms with van der Waals surface area (Å²) in [6.45, 7) is 0. The molecule has 0 N–H and O–H groups in total. The molecule has 50 heavy (non-hydrogen) atoms. The molecule has 10 aromatic rings. The van der Waals surface area contributed by atoms with Crippen LogP contribution in [0.2, 0.25) is 0 Å². The van der Waals surface area contributed by atoms with Gasteiger partial charge in [-0.05, 0) is 86.5 Å². The highest BCUT2D eigenvalue weighted by atomic mass is 16.3. The molecular formula is C48H30O2. The van der Waals surface area contributed by atoms with Crippen LogP contribution in [0.15, 0.2) is 191 Å². The molecule has 2 heteroatoms. The predicted molar refractivity (Wildman–Crippen MR) is 208 cm³/mol. The van der Waals surface area contributed by atoms with Gasteiger partial charge < -0.3 is 8.83 Å². The minimum absolute atomic E-state index is 0.867. The predicted octanol–water partition coefficient (Wildman–Crippen LogP) is 13.8.